The first kappa shape index (κ1) is 20.5. The number of fused-ring (bicyclic) bond motifs is 1. The van der Waals surface area contributed by atoms with E-state index in [1.54, 1.807) is 37.4 Å². The van der Waals surface area contributed by atoms with Crippen LogP contribution >= 0.6 is 0 Å². The van der Waals surface area contributed by atoms with E-state index in [1.807, 2.05) is 6.07 Å². The number of para-hydroxylation sites is 2. The van der Waals surface area contributed by atoms with Crippen LogP contribution in [0.25, 0.3) is 5.69 Å². The fourth-order valence-electron chi connectivity index (χ4n) is 3.98. The van der Waals surface area contributed by atoms with Crippen LogP contribution in [0.3, 0.4) is 0 Å². The molecule has 3 aromatic rings. The van der Waals surface area contributed by atoms with E-state index in [0.29, 0.717) is 35.9 Å². The first-order valence-electron chi connectivity index (χ1n) is 9.69. The summed E-state index contributed by atoms with van der Waals surface area (Å²) in [6, 6.07) is 9.73. The predicted octanol–water partition coefficient (Wildman–Crippen LogP) is 1.49. The average molecular weight is 425 g/mol. The highest BCUT2D eigenvalue weighted by Gasteiger charge is 2.30. The minimum Gasteiger partial charge on any atom is -0.495 e. The Morgan fingerprint density at radius 1 is 1.00 bits per heavy atom. The minimum atomic E-state index is -0.765. The molecule has 1 aliphatic heterocycles. The Bertz CT molecular complexity index is 1250. The van der Waals surface area contributed by atoms with Crippen molar-refractivity contribution in [3.8, 4) is 28.8 Å². The Morgan fingerprint density at radius 2 is 1.68 bits per heavy atom. The summed E-state index contributed by atoms with van der Waals surface area (Å²) in [7, 11) is 4.55. The Morgan fingerprint density at radius 3 is 2.39 bits per heavy atom. The van der Waals surface area contributed by atoms with Crippen molar-refractivity contribution in [3.05, 3.63) is 73.9 Å². The zero-order valence-corrected chi connectivity index (χ0v) is 17.4. The van der Waals surface area contributed by atoms with Crippen molar-refractivity contribution in [2.75, 3.05) is 27.9 Å². The Hall–Kier alpha value is -3.72. The summed E-state index contributed by atoms with van der Waals surface area (Å²) in [6.07, 6.45) is 0.705. The molecule has 0 saturated heterocycles. The molecule has 31 heavy (non-hydrogen) atoms. The molecule has 4 rings (SSSR count). The number of aromatic nitrogens is 2. The van der Waals surface area contributed by atoms with E-state index in [0.717, 1.165) is 15.7 Å². The number of rotatable bonds is 5. The van der Waals surface area contributed by atoms with Crippen LogP contribution in [0.5, 0.6) is 23.1 Å². The van der Waals surface area contributed by atoms with Gasteiger partial charge in [0, 0.05) is 6.54 Å². The molecule has 0 radical (unpaired) electrons. The van der Waals surface area contributed by atoms with Crippen molar-refractivity contribution >= 4 is 0 Å². The molecule has 0 fully saturated rings. The second-order valence-corrected chi connectivity index (χ2v) is 7.05. The van der Waals surface area contributed by atoms with Crippen LogP contribution < -0.4 is 30.8 Å². The lowest BCUT2D eigenvalue weighted by atomic mass is 9.90. The van der Waals surface area contributed by atoms with Crippen LogP contribution in [-0.4, -0.2) is 42.5 Å². The summed E-state index contributed by atoms with van der Waals surface area (Å²) in [6.45, 7) is 0.569. The topological polar surface area (TPSA) is 115 Å². The molecule has 0 spiro atoms. The van der Waals surface area contributed by atoms with E-state index in [4.69, 9.17) is 14.2 Å². The normalized spacial score (nSPS) is 15.3. The number of ether oxygens (including phenoxy) is 3. The van der Waals surface area contributed by atoms with Gasteiger partial charge in [-0.25, -0.2) is 9.36 Å². The SMILES string of the molecule is COc1cc2c(cc1OC)C(c1c(O)n(-c3ccccc3OC)c(=O)[nH]c1=O)NCC2. The molecule has 1 atom stereocenters. The van der Waals surface area contributed by atoms with Crippen molar-refractivity contribution in [1.82, 2.24) is 14.9 Å². The van der Waals surface area contributed by atoms with Crippen LogP contribution in [-0.2, 0) is 6.42 Å². The van der Waals surface area contributed by atoms with Crippen LogP contribution in [0.15, 0.2) is 46.0 Å². The van der Waals surface area contributed by atoms with E-state index < -0.39 is 23.2 Å². The van der Waals surface area contributed by atoms with Gasteiger partial charge in [-0.15, -0.1) is 0 Å². The molecule has 0 saturated carbocycles. The molecular weight excluding hydrogens is 402 g/mol. The maximum absolute atomic E-state index is 12.8. The van der Waals surface area contributed by atoms with E-state index in [-0.39, 0.29) is 5.56 Å². The lowest BCUT2D eigenvalue weighted by Gasteiger charge is -2.28. The standard InChI is InChI=1S/C22H23N3O6/c1-29-15-7-5-4-6-14(15)25-21(27)18(20(26)24-22(25)28)19-13-11-17(31-3)16(30-2)10-12(13)8-9-23-19/h4-7,10-11,19,23,27H,8-9H2,1-3H3,(H,24,26,28). The summed E-state index contributed by atoms with van der Waals surface area (Å²) in [5, 5.41) is 14.4. The number of nitrogens with zero attached hydrogens (tertiary/aromatic N) is 1. The summed E-state index contributed by atoms with van der Waals surface area (Å²) < 4.78 is 17.2. The Labute approximate surface area is 177 Å². The summed E-state index contributed by atoms with van der Waals surface area (Å²) in [4.78, 5) is 27.8. The smallest absolute Gasteiger partial charge is 0.335 e. The summed E-state index contributed by atoms with van der Waals surface area (Å²) in [5.74, 6) is 1.00. The largest absolute Gasteiger partial charge is 0.495 e. The van der Waals surface area contributed by atoms with Gasteiger partial charge >= 0.3 is 5.69 Å². The first-order chi connectivity index (χ1) is 15.0. The first-order valence-corrected chi connectivity index (χ1v) is 9.69. The molecule has 3 N–H and O–H groups in total. The molecule has 1 aliphatic rings. The maximum Gasteiger partial charge on any atom is 0.335 e. The van der Waals surface area contributed by atoms with Gasteiger partial charge in [-0.05, 0) is 41.8 Å². The lowest BCUT2D eigenvalue weighted by molar-refractivity contribution is 0.352. The van der Waals surface area contributed by atoms with E-state index >= 15 is 0 Å². The van der Waals surface area contributed by atoms with Gasteiger partial charge in [0.05, 0.1) is 38.6 Å². The Kier molecular flexibility index (Phi) is 5.43. The summed E-state index contributed by atoms with van der Waals surface area (Å²) in [5.41, 5.74) is 0.616. The highest BCUT2D eigenvalue weighted by molar-refractivity contribution is 5.54. The van der Waals surface area contributed by atoms with Crippen LogP contribution in [0.4, 0.5) is 0 Å². The minimum absolute atomic E-state index is 0.0266. The zero-order valence-electron chi connectivity index (χ0n) is 17.4. The van der Waals surface area contributed by atoms with E-state index in [9.17, 15) is 14.7 Å². The number of H-pyrrole nitrogens is 1. The third-order valence-electron chi connectivity index (χ3n) is 5.43. The number of hydrogen-bond donors (Lipinski definition) is 3. The van der Waals surface area contributed by atoms with E-state index in [2.05, 4.69) is 10.3 Å². The number of benzene rings is 2. The van der Waals surface area contributed by atoms with Gasteiger partial charge in [0.1, 0.15) is 5.75 Å². The summed E-state index contributed by atoms with van der Waals surface area (Å²) >= 11 is 0. The third kappa shape index (κ3) is 3.42. The number of methoxy groups -OCH3 is 3. The highest BCUT2D eigenvalue weighted by atomic mass is 16.5. The highest BCUT2D eigenvalue weighted by Crippen LogP contribution is 2.38. The van der Waals surface area contributed by atoms with Crippen LogP contribution in [0.2, 0.25) is 0 Å². The molecule has 0 bridgehead atoms. The van der Waals surface area contributed by atoms with Crippen molar-refractivity contribution in [2.45, 2.75) is 12.5 Å². The van der Waals surface area contributed by atoms with Crippen molar-refractivity contribution in [3.63, 3.8) is 0 Å². The van der Waals surface area contributed by atoms with Gasteiger partial charge in [0.2, 0.25) is 5.88 Å². The van der Waals surface area contributed by atoms with Crippen molar-refractivity contribution < 1.29 is 19.3 Å². The monoisotopic (exact) mass is 425 g/mol. The predicted molar refractivity (Wildman–Crippen MR) is 114 cm³/mol. The number of hydrogen-bond acceptors (Lipinski definition) is 7. The number of aromatic amines is 1. The molecule has 9 heteroatoms. The van der Waals surface area contributed by atoms with Crippen LogP contribution in [0.1, 0.15) is 22.7 Å². The molecule has 2 heterocycles. The average Bonchev–Trinajstić information content (AvgIpc) is 2.78. The number of nitrogens with one attached hydrogen (secondary N) is 2. The van der Waals surface area contributed by atoms with Crippen molar-refractivity contribution in [2.24, 2.45) is 0 Å². The quantitative estimate of drug-likeness (QED) is 0.567. The van der Waals surface area contributed by atoms with Gasteiger partial charge < -0.3 is 24.6 Å². The third-order valence-corrected chi connectivity index (χ3v) is 5.43. The molecule has 1 unspecified atom stereocenters. The van der Waals surface area contributed by atoms with Gasteiger partial charge in [-0.1, -0.05) is 12.1 Å². The lowest BCUT2D eigenvalue weighted by Crippen LogP contribution is -2.38. The van der Waals surface area contributed by atoms with Crippen molar-refractivity contribution in [1.29, 1.82) is 0 Å². The fraction of sp³-hybridized carbons (Fsp3) is 0.273. The molecule has 0 aliphatic carbocycles. The molecule has 2 aromatic carbocycles. The fourth-order valence-corrected chi connectivity index (χ4v) is 3.98. The molecular formula is C22H23N3O6. The zero-order chi connectivity index (χ0) is 22.1. The molecule has 0 amide bonds. The number of aromatic hydroxyl groups is 1. The van der Waals surface area contributed by atoms with Gasteiger partial charge in [-0.2, -0.15) is 0 Å². The second-order valence-electron chi connectivity index (χ2n) is 7.05. The molecule has 162 valence electrons. The Balaban J connectivity index is 1.95. The second kappa shape index (κ2) is 8.19. The molecule has 9 nitrogen and oxygen atoms in total. The van der Waals surface area contributed by atoms with Crippen LogP contribution in [0, 0.1) is 0 Å². The van der Waals surface area contributed by atoms with Gasteiger partial charge in [0.15, 0.2) is 11.5 Å². The molecule has 1 aromatic heterocycles. The van der Waals surface area contributed by atoms with Gasteiger partial charge in [-0.3, -0.25) is 9.78 Å². The van der Waals surface area contributed by atoms with Gasteiger partial charge in [0.25, 0.3) is 5.56 Å². The maximum atomic E-state index is 12.8. The van der Waals surface area contributed by atoms with E-state index in [1.165, 1.54) is 14.2 Å².